The van der Waals surface area contributed by atoms with Crippen molar-refractivity contribution in [2.45, 2.75) is 0 Å². The first-order valence-electron chi connectivity index (χ1n) is 3.68. The molecule has 0 fully saturated rings. The van der Waals surface area contributed by atoms with E-state index < -0.39 is 11.7 Å². The molecule has 1 heterocycles. The summed E-state index contributed by atoms with van der Waals surface area (Å²) >= 11 is 0. The van der Waals surface area contributed by atoms with Crippen molar-refractivity contribution >= 4 is 17.4 Å². The number of nitrogens with one attached hydrogen (secondary N) is 1. The molecule has 1 aromatic rings. The molecule has 0 radical (unpaired) electrons. The third-order valence-electron chi connectivity index (χ3n) is 1.89. The van der Waals surface area contributed by atoms with Crippen LogP contribution in [0.15, 0.2) is 18.2 Å². The summed E-state index contributed by atoms with van der Waals surface area (Å²) in [7, 11) is 0. The minimum absolute atomic E-state index is 0.362. The summed E-state index contributed by atoms with van der Waals surface area (Å²) in [6.07, 6.45) is 5.16. The molecule has 0 aliphatic carbocycles. The Morgan fingerprint density at radius 3 is 2.77 bits per heavy atom. The van der Waals surface area contributed by atoms with Crippen LogP contribution in [0.5, 0.6) is 0 Å². The fourth-order valence-corrected chi connectivity index (χ4v) is 1.23. The van der Waals surface area contributed by atoms with Crippen LogP contribution >= 0.6 is 0 Å². The Morgan fingerprint density at radius 1 is 1.31 bits per heavy atom. The predicted molar refractivity (Wildman–Crippen MR) is 47.3 cm³/mol. The largest absolute Gasteiger partial charge is 0.318 e. The third-order valence-corrected chi connectivity index (χ3v) is 1.89. The van der Waals surface area contributed by atoms with Gasteiger partial charge in [-0.2, -0.15) is 0 Å². The summed E-state index contributed by atoms with van der Waals surface area (Å²) in [4.78, 5) is 22.1. The van der Waals surface area contributed by atoms with Gasteiger partial charge in [0.25, 0.3) is 11.7 Å². The van der Waals surface area contributed by atoms with E-state index in [0.717, 1.165) is 0 Å². The molecule has 3 nitrogen and oxygen atoms in total. The van der Waals surface area contributed by atoms with E-state index >= 15 is 0 Å². The number of fused-ring (bicyclic) bond motifs is 1. The van der Waals surface area contributed by atoms with E-state index in [1.807, 2.05) is 0 Å². The van der Waals surface area contributed by atoms with Crippen LogP contribution in [0.4, 0.5) is 5.69 Å². The molecule has 13 heavy (non-hydrogen) atoms. The second-order valence-corrected chi connectivity index (χ2v) is 2.69. The maximum absolute atomic E-state index is 11.2. The van der Waals surface area contributed by atoms with Gasteiger partial charge < -0.3 is 5.32 Å². The number of amides is 1. The van der Waals surface area contributed by atoms with Crippen molar-refractivity contribution in [3.63, 3.8) is 0 Å². The molecule has 2 rings (SSSR count). The van der Waals surface area contributed by atoms with Crippen LogP contribution in [0.25, 0.3) is 0 Å². The van der Waals surface area contributed by atoms with Crippen molar-refractivity contribution in [3.05, 3.63) is 29.3 Å². The highest BCUT2D eigenvalue weighted by molar-refractivity contribution is 6.51. The number of rotatable bonds is 0. The lowest BCUT2D eigenvalue weighted by atomic mass is 10.1. The first-order chi connectivity index (χ1) is 6.22. The van der Waals surface area contributed by atoms with E-state index in [4.69, 9.17) is 6.42 Å². The molecule has 0 atom stereocenters. The van der Waals surface area contributed by atoms with Crippen LogP contribution in [0.2, 0.25) is 0 Å². The monoisotopic (exact) mass is 171 g/mol. The molecule has 0 aromatic heterocycles. The SMILES string of the molecule is C#Cc1ccc2c(c1)C(=O)C(=O)N2. The molecule has 0 spiro atoms. The van der Waals surface area contributed by atoms with Crippen LogP contribution in [-0.2, 0) is 4.79 Å². The Balaban J connectivity index is 2.62. The first-order valence-corrected chi connectivity index (χ1v) is 3.68. The zero-order chi connectivity index (χ0) is 9.42. The fourth-order valence-electron chi connectivity index (χ4n) is 1.23. The number of terminal acetylenes is 1. The second kappa shape index (κ2) is 2.46. The number of benzene rings is 1. The Kier molecular flexibility index (Phi) is 1.43. The Bertz CT molecular complexity index is 454. The first kappa shape index (κ1) is 7.56. The summed E-state index contributed by atoms with van der Waals surface area (Å²) in [6.45, 7) is 0. The van der Waals surface area contributed by atoms with Gasteiger partial charge in [0.2, 0.25) is 0 Å². The summed E-state index contributed by atoms with van der Waals surface area (Å²) in [5.41, 5.74) is 1.50. The molecule has 0 saturated heterocycles. The lowest BCUT2D eigenvalue weighted by molar-refractivity contribution is -0.112. The van der Waals surface area contributed by atoms with Crippen LogP contribution < -0.4 is 5.32 Å². The van der Waals surface area contributed by atoms with Crippen molar-refractivity contribution in [2.75, 3.05) is 5.32 Å². The van der Waals surface area contributed by atoms with E-state index in [9.17, 15) is 9.59 Å². The molecular formula is C10H5NO2. The lowest BCUT2D eigenvalue weighted by Crippen LogP contribution is -2.12. The predicted octanol–water partition coefficient (Wildman–Crippen LogP) is 0.803. The molecule has 3 heteroatoms. The van der Waals surface area contributed by atoms with Gasteiger partial charge >= 0.3 is 0 Å². The van der Waals surface area contributed by atoms with Crippen molar-refractivity contribution in [3.8, 4) is 12.3 Å². The molecule has 1 aliphatic rings. The Morgan fingerprint density at radius 2 is 2.08 bits per heavy atom. The molecule has 0 unspecified atom stereocenters. The molecule has 1 amide bonds. The smallest absolute Gasteiger partial charge is 0.296 e. The molecule has 1 N–H and O–H groups in total. The van der Waals surface area contributed by atoms with E-state index in [0.29, 0.717) is 16.8 Å². The van der Waals surface area contributed by atoms with Gasteiger partial charge in [-0.05, 0) is 18.2 Å². The van der Waals surface area contributed by atoms with Gasteiger partial charge in [-0.15, -0.1) is 6.42 Å². The van der Waals surface area contributed by atoms with Gasteiger partial charge in [0.05, 0.1) is 11.3 Å². The molecule has 0 saturated carbocycles. The Labute approximate surface area is 74.8 Å². The van der Waals surface area contributed by atoms with Crippen molar-refractivity contribution in [1.29, 1.82) is 0 Å². The lowest BCUT2D eigenvalue weighted by Gasteiger charge is -1.95. The average Bonchev–Trinajstić information content (AvgIpc) is 2.43. The average molecular weight is 171 g/mol. The zero-order valence-electron chi connectivity index (χ0n) is 6.63. The second-order valence-electron chi connectivity index (χ2n) is 2.69. The summed E-state index contributed by atoms with van der Waals surface area (Å²) in [6, 6.07) is 4.85. The van der Waals surface area contributed by atoms with Gasteiger partial charge in [-0.1, -0.05) is 5.92 Å². The summed E-state index contributed by atoms with van der Waals surface area (Å²) < 4.78 is 0. The maximum Gasteiger partial charge on any atom is 0.296 e. The number of carbonyl (C=O) groups is 2. The number of hydrogen-bond acceptors (Lipinski definition) is 2. The number of ketones is 1. The van der Waals surface area contributed by atoms with Gasteiger partial charge in [0.1, 0.15) is 0 Å². The van der Waals surface area contributed by atoms with Crippen molar-refractivity contribution < 1.29 is 9.59 Å². The number of Topliss-reactive ketones (excluding diaryl/α,β-unsaturated/α-hetero) is 1. The fraction of sp³-hybridized carbons (Fsp3) is 0. The van der Waals surface area contributed by atoms with Crippen LogP contribution in [0.3, 0.4) is 0 Å². The highest BCUT2D eigenvalue weighted by Gasteiger charge is 2.27. The van der Waals surface area contributed by atoms with Crippen molar-refractivity contribution in [1.82, 2.24) is 0 Å². The Hall–Kier alpha value is -2.08. The van der Waals surface area contributed by atoms with Gasteiger partial charge in [0.15, 0.2) is 0 Å². The van der Waals surface area contributed by atoms with Crippen LogP contribution in [0.1, 0.15) is 15.9 Å². The van der Waals surface area contributed by atoms with E-state index in [1.54, 1.807) is 12.1 Å². The molecular weight excluding hydrogens is 166 g/mol. The minimum atomic E-state index is -0.593. The van der Waals surface area contributed by atoms with Crippen LogP contribution in [0, 0.1) is 12.3 Å². The van der Waals surface area contributed by atoms with E-state index in [1.165, 1.54) is 6.07 Å². The standard InChI is InChI=1S/C10H5NO2/c1-2-6-3-4-8-7(5-6)9(12)10(13)11-8/h1,3-5H,(H,11,12,13). The zero-order valence-corrected chi connectivity index (χ0v) is 6.63. The quantitative estimate of drug-likeness (QED) is 0.463. The maximum atomic E-state index is 11.2. The highest BCUT2D eigenvalue weighted by atomic mass is 16.2. The van der Waals surface area contributed by atoms with Crippen LogP contribution in [-0.4, -0.2) is 11.7 Å². The number of hydrogen-bond donors (Lipinski definition) is 1. The summed E-state index contributed by atoms with van der Waals surface area (Å²) in [5.74, 6) is 1.29. The van der Waals surface area contributed by atoms with Crippen molar-refractivity contribution in [2.24, 2.45) is 0 Å². The topological polar surface area (TPSA) is 46.2 Å². The normalized spacial score (nSPS) is 13.5. The molecule has 1 aromatic carbocycles. The molecule has 1 aliphatic heterocycles. The molecule has 0 bridgehead atoms. The minimum Gasteiger partial charge on any atom is -0.318 e. The van der Waals surface area contributed by atoms with E-state index in [2.05, 4.69) is 11.2 Å². The van der Waals surface area contributed by atoms with Gasteiger partial charge in [0, 0.05) is 5.56 Å². The van der Waals surface area contributed by atoms with E-state index in [-0.39, 0.29) is 0 Å². The van der Waals surface area contributed by atoms with Gasteiger partial charge in [-0.3, -0.25) is 9.59 Å². The van der Waals surface area contributed by atoms with Gasteiger partial charge in [-0.25, -0.2) is 0 Å². The number of carbonyl (C=O) groups excluding carboxylic acids is 2. The third kappa shape index (κ3) is 1.00. The molecule has 62 valence electrons. The highest BCUT2D eigenvalue weighted by Crippen LogP contribution is 2.23. The summed E-state index contributed by atoms with van der Waals surface area (Å²) in [5, 5.41) is 2.44. The number of anilines is 1.